The predicted octanol–water partition coefficient (Wildman–Crippen LogP) is 2.24. The van der Waals surface area contributed by atoms with E-state index < -0.39 is 52.0 Å². The lowest BCUT2D eigenvalue weighted by atomic mass is 10.3. The van der Waals surface area contributed by atoms with Crippen molar-refractivity contribution in [3.8, 4) is 11.5 Å². The van der Waals surface area contributed by atoms with E-state index in [9.17, 15) is 34.8 Å². The van der Waals surface area contributed by atoms with Crippen molar-refractivity contribution in [3.05, 3.63) is 18.2 Å². The maximum atomic E-state index is 12.1. The molecule has 0 heterocycles. The zero-order chi connectivity index (χ0) is 17.9. The second-order valence-corrected chi connectivity index (χ2v) is 5.64. The van der Waals surface area contributed by atoms with Gasteiger partial charge in [0.05, 0.1) is 0 Å². The normalized spacial score (nSPS) is 13.0. The molecule has 0 atom stereocenters. The minimum atomic E-state index is -4.78. The molecule has 1 rings (SSSR count). The number of ether oxygens (including phenoxy) is 2. The summed E-state index contributed by atoms with van der Waals surface area (Å²) in [5.41, 5.74) is 0. The van der Waals surface area contributed by atoms with Crippen molar-refractivity contribution in [2.45, 2.75) is 17.2 Å². The van der Waals surface area contributed by atoms with Gasteiger partial charge in [-0.2, -0.15) is 26.3 Å². The van der Waals surface area contributed by atoms with E-state index in [1.54, 1.807) is 0 Å². The van der Waals surface area contributed by atoms with E-state index in [0.717, 1.165) is 11.0 Å². The third-order valence-electron chi connectivity index (χ3n) is 2.12. The lowest BCUT2D eigenvalue weighted by molar-refractivity contribution is -0.154. The second-order valence-electron chi connectivity index (χ2n) is 4.01. The monoisotopic (exact) mass is 369 g/mol. The average molecular weight is 369 g/mol. The lowest BCUT2D eigenvalue weighted by Gasteiger charge is -2.15. The molecule has 2 N–H and O–H groups in total. The molecule has 1 aromatic rings. The Bertz CT molecular complexity index is 642. The van der Waals surface area contributed by atoms with Crippen LogP contribution in [0.1, 0.15) is 0 Å². The number of halogens is 6. The topological polar surface area (TPSA) is 84.9 Å². The summed E-state index contributed by atoms with van der Waals surface area (Å²) in [7, 11) is -4.72. The third kappa shape index (κ3) is 6.50. The minimum Gasteiger partial charge on any atom is -0.484 e. The molecule has 13 heteroatoms. The lowest BCUT2D eigenvalue weighted by Crippen LogP contribution is -2.24. The van der Waals surface area contributed by atoms with Gasteiger partial charge in [-0.25, -0.2) is 8.42 Å². The van der Waals surface area contributed by atoms with Crippen LogP contribution in [0.15, 0.2) is 23.1 Å². The van der Waals surface area contributed by atoms with Crippen molar-refractivity contribution in [1.82, 2.24) is 4.89 Å². The molecular formula is C10H9F6NO5S. The van der Waals surface area contributed by atoms with Crippen LogP contribution in [0.5, 0.6) is 11.5 Å². The first-order chi connectivity index (χ1) is 10.3. The molecule has 6 nitrogen and oxygen atoms in total. The Morgan fingerprint density at radius 1 is 1.00 bits per heavy atom. The van der Waals surface area contributed by atoms with E-state index in [1.807, 2.05) is 0 Å². The molecule has 0 spiro atoms. The molecule has 1 aromatic carbocycles. The molecule has 0 aliphatic rings. The Morgan fingerprint density at radius 3 is 2.00 bits per heavy atom. The SMILES string of the molecule is O=S(=O)(NO)c1cc(OCC(F)(F)F)ccc1OCC(F)(F)F. The molecule has 0 fully saturated rings. The average Bonchev–Trinajstić information content (AvgIpc) is 2.41. The molecule has 0 aromatic heterocycles. The van der Waals surface area contributed by atoms with Crippen molar-refractivity contribution in [2.24, 2.45) is 0 Å². The largest absolute Gasteiger partial charge is 0.484 e. The van der Waals surface area contributed by atoms with Gasteiger partial charge >= 0.3 is 12.4 Å². The first-order valence-corrected chi connectivity index (χ1v) is 7.01. The number of rotatable bonds is 6. The fraction of sp³-hybridized carbons (Fsp3) is 0.400. The summed E-state index contributed by atoms with van der Waals surface area (Å²) < 4.78 is 104. The van der Waals surface area contributed by atoms with Crippen LogP contribution in [0, 0.1) is 0 Å². The standard InChI is InChI=1S/C10H9F6NO5S/c11-9(12,13)4-21-6-1-2-7(22-5-10(14,15)16)8(3-6)23(19,20)17-18/h1-3,17-18H,4-5H2. The molecule has 0 unspecified atom stereocenters. The van der Waals surface area contributed by atoms with Gasteiger partial charge in [0.1, 0.15) is 16.4 Å². The first-order valence-electron chi connectivity index (χ1n) is 5.53. The van der Waals surface area contributed by atoms with Crippen molar-refractivity contribution < 1.29 is 49.4 Å². The Morgan fingerprint density at radius 2 is 1.52 bits per heavy atom. The van der Waals surface area contributed by atoms with E-state index in [2.05, 4.69) is 9.47 Å². The summed E-state index contributed by atoms with van der Waals surface area (Å²) in [6.45, 7) is -3.59. The third-order valence-corrected chi connectivity index (χ3v) is 3.26. The molecule has 0 bridgehead atoms. The number of sulfonamides is 1. The number of benzene rings is 1. The van der Waals surface area contributed by atoms with E-state index in [4.69, 9.17) is 5.21 Å². The molecule has 0 amide bonds. The smallest absolute Gasteiger partial charge is 0.422 e. The van der Waals surface area contributed by atoms with Crippen LogP contribution in [0.2, 0.25) is 0 Å². The van der Waals surface area contributed by atoms with Crippen LogP contribution in [0.4, 0.5) is 26.3 Å². The van der Waals surface area contributed by atoms with Gasteiger partial charge in [0, 0.05) is 6.07 Å². The van der Waals surface area contributed by atoms with Gasteiger partial charge in [0.25, 0.3) is 10.0 Å². The Kier molecular flexibility index (Phi) is 5.71. The molecule has 0 saturated carbocycles. The molecule has 0 radical (unpaired) electrons. The highest BCUT2D eigenvalue weighted by atomic mass is 32.2. The number of hydrogen-bond acceptors (Lipinski definition) is 5. The van der Waals surface area contributed by atoms with Crippen LogP contribution >= 0.6 is 0 Å². The summed E-state index contributed by atoms with van der Waals surface area (Å²) >= 11 is 0. The van der Waals surface area contributed by atoms with Gasteiger partial charge in [-0.15, -0.1) is 0 Å². The van der Waals surface area contributed by atoms with Gasteiger partial charge in [0.2, 0.25) is 0 Å². The zero-order valence-electron chi connectivity index (χ0n) is 10.9. The van der Waals surface area contributed by atoms with Gasteiger partial charge in [-0.05, 0) is 12.1 Å². The highest BCUT2D eigenvalue weighted by molar-refractivity contribution is 7.89. The van der Waals surface area contributed by atoms with Crippen LogP contribution in [-0.4, -0.2) is 39.2 Å². The molecular weight excluding hydrogens is 360 g/mol. The molecule has 0 saturated heterocycles. The first kappa shape index (κ1) is 19.3. The fourth-order valence-corrected chi connectivity index (χ4v) is 2.04. The van der Waals surface area contributed by atoms with Crippen LogP contribution < -0.4 is 14.4 Å². The van der Waals surface area contributed by atoms with E-state index in [1.165, 1.54) is 0 Å². The number of hydrogen-bond donors (Lipinski definition) is 2. The van der Waals surface area contributed by atoms with Crippen LogP contribution in [-0.2, 0) is 10.0 Å². The van der Waals surface area contributed by atoms with Crippen LogP contribution in [0.3, 0.4) is 0 Å². The zero-order valence-corrected chi connectivity index (χ0v) is 11.7. The maximum absolute atomic E-state index is 12.1. The van der Waals surface area contributed by atoms with Gasteiger partial charge in [-0.1, -0.05) is 4.89 Å². The molecule has 132 valence electrons. The fourth-order valence-electron chi connectivity index (χ4n) is 1.28. The van der Waals surface area contributed by atoms with Gasteiger partial charge in [-0.3, -0.25) is 0 Å². The summed E-state index contributed by atoms with van der Waals surface area (Å²) in [6.07, 6.45) is -9.49. The van der Waals surface area contributed by atoms with Crippen molar-refractivity contribution in [3.63, 3.8) is 0 Å². The van der Waals surface area contributed by atoms with Gasteiger partial charge in [0.15, 0.2) is 13.2 Å². The van der Waals surface area contributed by atoms with E-state index >= 15 is 0 Å². The summed E-state index contributed by atoms with van der Waals surface area (Å²) in [4.78, 5) is -0.196. The van der Waals surface area contributed by atoms with E-state index in [-0.39, 0.29) is 0 Å². The van der Waals surface area contributed by atoms with Crippen molar-refractivity contribution >= 4 is 10.0 Å². The molecule has 0 aliphatic carbocycles. The Balaban J connectivity index is 3.12. The quantitative estimate of drug-likeness (QED) is 0.594. The Hall–Kier alpha value is -1.73. The van der Waals surface area contributed by atoms with Crippen LogP contribution in [0.25, 0.3) is 0 Å². The summed E-state index contributed by atoms with van der Waals surface area (Å²) in [6, 6.07) is 1.94. The highest BCUT2D eigenvalue weighted by Crippen LogP contribution is 2.30. The number of alkyl halides is 6. The summed E-state index contributed by atoms with van der Waals surface area (Å²) in [5.74, 6) is -1.43. The van der Waals surface area contributed by atoms with E-state index in [0.29, 0.717) is 12.1 Å². The maximum Gasteiger partial charge on any atom is 0.422 e. The van der Waals surface area contributed by atoms with Crippen molar-refractivity contribution in [2.75, 3.05) is 13.2 Å². The second kappa shape index (κ2) is 6.80. The van der Waals surface area contributed by atoms with Crippen molar-refractivity contribution in [1.29, 1.82) is 0 Å². The van der Waals surface area contributed by atoms with Gasteiger partial charge < -0.3 is 14.7 Å². The Labute approximate surface area is 125 Å². The number of nitrogens with one attached hydrogen (secondary N) is 1. The highest BCUT2D eigenvalue weighted by Gasteiger charge is 2.31. The predicted molar refractivity (Wildman–Crippen MR) is 61.7 cm³/mol. The molecule has 23 heavy (non-hydrogen) atoms. The molecule has 0 aliphatic heterocycles. The minimum absolute atomic E-state index is 0.482. The summed E-state index contributed by atoms with van der Waals surface area (Å²) in [5, 5.41) is 8.51.